The summed E-state index contributed by atoms with van der Waals surface area (Å²) in [6, 6.07) is 0. The molecule has 0 aromatic heterocycles. The molecule has 1 saturated heterocycles. The third-order valence-electron chi connectivity index (χ3n) is 3.31. The van der Waals surface area contributed by atoms with E-state index in [2.05, 4.69) is 10.2 Å². The minimum absolute atomic E-state index is 0.0826. The van der Waals surface area contributed by atoms with Gasteiger partial charge in [0, 0.05) is 32.6 Å². The summed E-state index contributed by atoms with van der Waals surface area (Å²) in [5, 5.41) is 2.84. The summed E-state index contributed by atoms with van der Waals surface area (Å²) in [5.41, 5.74) is 0. The van der Waals surface area contributed by atoms with Crippen molar-refractivity contribution in [2.45, 2.75) is 31.1 Å². The van der Waals surface area contributed by atoms with Crippen LogP contribution in [0.2, 0.25) is 0 Å². The van der Waals surface area contributed by atoms with Crippen molar-refractivity contribution in [3.05, 3.63) is 0 Å². The molecule has 0 unspecified atom stereocenters. The molecule has 1 heterocycles. The van der Waals surface area contributed by atoms with Gasteiger partial charge in [-0.25, -0.2) is 8.78 Å². The zero-order valence-corrected chi connectivity index (χ0v) is 11.6. The second-order valence-corrected chi connectivity index (χ2v) is 4.94. The van der Waals surface area contributed by atoms with Crippen molar-refractivity contribution in [2.24, 2.45) is 0 Å². The quantitative estimate of drug-likeness (QED) is 0.520. The fourth-order valence-electron chi connectivity index (χ4n) is 1.95. The Hall–Kier alpha value is -0.540. The highest BCUT2D eigenvalue weighted by Crippen LogP contribution is 2.41. The summed E-state index contributed by atoms with van der Waals surface area (Å²) >= 11 is 0. The van der Waals surface area contributed by atoms with E-state index in [1.807, 2.05) is 0 Å². The summed E-state index contributed by atoms with van der Waals surface area (Å²) in [5.74, 6) is -9.96. The Bertz CT molecular complexity index is 297. The number of hydrogen-bond acceptors (Lipinski definition) is 3. The second-order valence-electron chi connectivity index (χ2n) is 4.94. The van der Waals surface area contributed by atoms with E-state index in [-0.39, 0.29) is 13.0 Å². The van der Waals surface area contributed by atoms with Crippen LogP contribution in [0.25, 0.3) is 0 Å². The first-order valence-electron chi connectivity index (χ1n) is 6.82. The first-order chi connectivity index (χ1) is 9.77. The van der Waals surface area contributed by atoms with E-state index in [1.165, 1.54) is 0 Å². The molecule has 0 spiro atoms. The molecule has 9 heteroatoms. The fraction of sp³-hybridized carbons (Fsp3) is 1.00. The molecule has 1 rings (SSSR count). The molecule has 1 aliphatic heterocycles. The number of rotatable bonds is 9. The van der Waals surface area contributed by atoms with Gasteiger partial charge in [-0.2, -0.15) is 17.6 Å². The maximum atomic E-state index is 13.0. The molecular formula is C12H20F6N2O. The number of hydrogen-bond donors (Lipinski definition) is 1. The van der Waals surface area contributed by atoms with Crippen LogP contribution in [0.1, 0.15) is 12.8 Å². The van der Waals surface area contributed by atoms with Crippen molar-refractivity contribution in [1.82, 2.24) is 10.2 Å². The largest absolute Gasteiger partial charge is 0.379 e. The van der Waals surface area contributed by atoms with Gasteiger partial charge in [0.2, 0.25) is 0 Å². The Morgan fingerprint density at radius 1 is 1.05 bits per heavy atom. The van der Waals surface area contributed by atoms with Crippen molar-refractivity contribution >= 4 is 0 Å². The van der Waals surface area contributed by atoms with Crippen LogP contribution in [0.15, 0.2) is 0 Å². The van der Waals surface area contributed by atoms with Gasteiger partial charge in [0.25, 0.3) is 0 Å². The lowest BCUT2D eigenvalue weighted by molar-refractivity contribution is -0.266. The Morgan fingerprint density at radius 2 is 1.67 bits per heavy atom. The maximum Gasteiger partial charge on any atom is 0.369 e. The summed E-state index contributed by atoms with van der Waals surface area (Å²) in [6.07, 6.45) is -5.92. The third-order valence-corrected chi connectivity index (χ3v) is 3.31. The lowest BCUT2D eigenvalue weighted by Gasteiger charge is -2.27. The van der Waals surface area contributed by atoms with E-state index in [9.17, 15) is 26.3 Å². The summed E-state index contributed by atoms with van der Waals surface area (Å²) in [7, 11) is 0. The van der Waals surface area contributed by atoms with Crippen LogP contribution >= 0.6 is 0 Å². The standard InChI is InChI=1S/C12H20F6N2O/c13-10(14)12(17,18)11(15,16)2-1-3-19-4-5-20-6-8-21-9-7-20/h10,19H,1-9H2. The lowest BCUT2D eigenvalue weighted by Crippen LogP contribution is -2.46. The minimum Gasteiger partial charge on any atom is -0.379 e. The van der Waals surface area contributed by atoms with Crippen molar-refractivity contribution in [3.8, 4) is 0 Å². The van der Waals surface area contributed by atoms with E-state index < -0.39 is 24.7 Å². The van der Waals surface area contributed by atoms with E-state index in [4.69, 9.17) is 4.74 Å². The van der Waals surface area contributed by atoms with Crippen LogP contribution in [0, 0.1) is 0 Å². The molecule has 0 aromatic carbocycles. The Kier molecular flexibility index (Phi) is 7.22. The molecule has 0 radical (unpaired) electrons. The minimum atomic E-state index is -5.28. The van der Waals surface area contributed by atoms with Crippen LogP contribution in [-0.2, 0) is 4.74 Å². The molecule has 0 bridgehead atoms. The molecule has 126 valence electrons. The highest BCUT2D eigenvalue weighted by molar-refractivity contribution is 4.87. The van der Waals surface area contributed by atoms with Gasteiger partial charge in [0.1, 0.15) is 0 Å². The monoisotopic (exact) mass is 322 g/mol. The first kappa shape index (κ1) is 18.5. The van der Waals surface area contributed by atoms with Crippen LogP contribution < -0.4 is 5.32 Å². The lowest BCUT2D eigenvalue weighted by atomic mass is 10.1. The summed E-state index contributed by atoms with van der Waals surface area (Å²) < 4.78 is 80.1. The van der Waals surface area contributed by atoms with Gasteiger partial charge < -0.3 is 10.1 Å². The molecule has 1 fully saturated rings. The molecule has 1 N–H and O–H groups in total. The first-order valence-corrected chi connectivity index (χ1v) is 6.82. The van der Waals surface area contributed by atoms with E-state index in [0.717, 1.165) is 13.1 Å². The second kappa shape index (κ2) is 8.19. The van der Waals surface area contributed by atoms with E-state index in [1.54, 1.807) is 0 Å². The number of alkyl halides is 6. The molecule has 0 aliphatic carbocycles. The molecule has 21 heavy (non-hydrogen) atoms. The van der Waals surface area contributed by atoms with Gasteiger partial charge in [-0.3, -0.25) is 4.90 Å². The zero-order valence-electron chi connectivity index (χ0n) is 11.6. The Balaban J connectivity index is 2.12. The number of nitrogens with zero attached hydrogens (tertiary/aromatic N) is 1. The van der Waals surface area contributed by atoms with Crippen molar-refractivity contribution < 1.29 is 31.1 Å². The molecule has 0 atom stereocenters. The van der Waals surface area contributed by atoms with Crippen LogP contribution in [0.5, 0.6) is 0 Å². The van der Waals surface area contributed by atoms with Crippen LogP contribution in [-0.4, -0.2) is 69.1 Å². The number of nitrogens with one attached hydrogen (secondary N) is 1. The SMILES string of the molecule is FC(F)C(F)(F)C(F)(F)CCCNCCN1CCOCC1. The normalized spacial score (nSPS) is 18.4. The molecule has 1 aliphatic rings. The van der Waals surface area contributed by atoms with Crippen LogP contribution in [0.4, 0.5) is 26.3 Å². The fourth-order valence-corrected chi connectivity index (χ4v) is 1.95. The van der Waals surface area contributed by atoms with Gasteiger partial charge in [-0.05, 0) is 13.0 Å². The highest BCUT2D eigenvalue weighted by atomic mass is 19.3. The molecule has 3 nitrogen and oxygen atoms in total. The highest BCUT2D eigenvalue weighted by Gasteiger charge is 2.61. The van der Waals surface area contributed by atoms with Crippen molar-refractivity contribution in [1.29, 1.82) is 0 Å². The molecule has 0 amide bonds. The predicted molar refractivity (Wildman–Crippen MR) is 65.3 cm³/mol. The number of morpholine rings is 1. The molecular weight excluding hydrogens is 302 g/mol. The van der Waals surface area contributed by atoms with Gasteiger partial charge in [-0.15, -0.1) is 0 Å². The zero-order chi connectivity index (χ0) is 15.9. The summed E-state index contributed by atoms with van der Waals surface area (Å²) in [6.45, 7) is 4.19. The smallest absolute Gasteiger partial charge is 0.369 e. The van der Waals surface area contributed by atoms with Crippen LogP contribution in [0.3, 0.4) is 0 Å². The number of halogens is 6. The van der Waals surface area contributed by atoms with Crippen molar-refractivity contribution in [3.63, 3.8) is 0 Å². The van der Waals surface area contributed by atoms with Crippen molar-refractivity contribution in [2.75, 3.05) is 45.9 Å². The Labute approximate surface area is 119 Å². The molecule has 0 saturated carbocycles. The molecule has 0 aromatic rings. The maximum absolute atomic E-state index is 13.0. The predicted octanol–water partition coefficient (Wildman–Crippen LogP) is 2.22. The van der Waals surface area contributed by atoms with Gasteiger partial charge in [-0.1, -0.05) is 0 Å². The van der Waals surface area contributed by atoms with Gasteiger partial charge in [0.05, 0.1) is 13.2 Å². The number of ether oxygens (including phenoxy) is 1. The third kappa shape index (κ3) is 5.63. The van der Waals surface area contributed by atoms with E-state index >= 15 is 0 Å². The summed E-state index contributed by atoms with van der Waals surface area (Å²) in [4.78, 5) is 2.12. The average molecular weight is 322 g/mol. The average Bonchev–Trinajstić information content (AvgIpc) is 2.43. The van der Waals surface area contributed by atoms with E-state index in [0.29, 0.717) is 26.3 Å². The van der Waals surface area contributed by atoms with Gasteiger partial charge in [0.15, 0.2) is 0 Å². The topological polar surface area (TPSA) is 24.5 Å². The van der Waals surface area contributed by atoms with Gasteiger partial charge >= 0.3 is 18.3 Å². The Morgan fingerprint density at radius 3 is 2.24 bits per heavy atom.